The number of nitrogens with zero attached hydrogens (tertiary/aromatic N) is 1. The van der Waals surface area contributed by atoms with Crippen molar-refractivity contribution in [3.05, 3.63) is 29.8 Å². The smallest absolute Gasteiger partial charge is 0.328 e. The molecule has 1 aliphatic heterocycles. The number of sulfonamides is 1. The van der Waals surface area contributed by atoms with Gasteiger partial charge in [0.1, 0.15) is 17.5 Å². The fraction of sp³-hybridized carbons (Fsp3) is 0.438. The number of fused-ring (bicyclic) bond motifs is 1. The Morgan fingerprint density at radius 3 is 2.48 bits per heavy atom. The molecule has 0 saturated carbocycles. The Balaban J connectivity index is 2.18. The van der Waals surface area contributed by atoms with Gasteiger partial charge in [-0.1, -0.05) is 32.4 Å². The number of amides is 2. The Bertz CT molecular complexity index is 805. The number of carbonyl (C=O) groups excluding carboxylic acids is 3. The van der Waals surface area contributed by atoms with Crippen LogP contribution in [0.3, 0.4) is 0 Å². The first kappa shape index (κ1) is 18.9. The molecule has 0 unspecified atom stereocenters. The summed E-state index contributed by atoms with van der Waals surface area (Å²) >= 11 is 0. The van der Waals surface area contributed by atoms with Crippen molar-refractivity contribution in [2.45, 2.75) is 31.2 Å². The van der Waals surface area contributed by atoms with Gasteiger partial charge in [0.2, 0.25) is 5.91 Å². The molecule has 1 N–H and O–H groups in total. The number of esters is 1. The van der Waals surface area contributed by atoms with Gasteiger partial charge in [-0.15, -0.1) is 0 Å². The molecule has 9 heteroatoms. The van der Waals surface area contributed by atoms with Crippen molar-refractivity contribution in [3.8, 4) is 0 Å². The van der Waals surface area contributed by atoms with E-state index in [0.29, 0.717) is 10.7 Å². The minimum Gasteiger partial charge on any atom is -0.467 e. The highest BCUT2D eigenvalue weighted by Crippen LogP contribution is 2.29. The second-order valence-corrected chi connectivity index (χ2v) is 7.60. The molecule has 8 nitrogen and oxygen atoms in total. The highest BCUT2D eigenvalue weighted by atomic mass is 32.2. The van der Waals surface area contributed by atoms with Gasteiger partial charge in [0.05, 0.1) is 12.7 Å². The maximum absolute atomic E-state index is 12.4. The van der Waals surface area contributed by atoms with Crippen LogP contribution in [0.15, 0.2) is 29.2 Å². The minimum absolute atomic E-state index is 0.0294. The molecule has 0 aliphatic carbocycles. The first-order valence-corrected chi connectivity index (χ1v) is 9.21. The van der Waals surface area contributed by atoms with Crippen molar-refractivity contribution in [3.63, 3.8) is 0 Å². The first-order valence-electron chi connectivity index (χ1n) is 7.77. The highest BCUT2D eigenvalue weighted by Gasteiger charge is 2.42. The summed E-state index contributed by atoms with van der Waals surface area (Å²) < 4.78 is 30.0. The average molecular weight is 368 g/mol. The van der Waals surface area contributed by atoms with Gasteiger partial charge in [-0.3, -0.25) is 9.59 Å². The van der Waals surface area contributed by atoms with E-state index in [-0.39, 0.29) is 16.4 Å². The molecule has 1 aromatic rings. The topological polar surface area (TPSA) is 110 Å². The second kappa shape index (κ2) is 7.22. The van der Waals surface area contributed by atoms with E-state index in [1.807, 2.05) is 6.92 Å². The number of carbonyl (C=O) groups is 3. The lowest BCUT2D eigenvalue weighted by atomic mass is 9.99. The number of hydrogen-bond acceptors (Lipinski definition) is 6. The molecule has 25 heavy (non-hydrogen) atoms. The molecule has 2 atom stereocenters. The number of benzene rings is 1. The zero-order chi connectivity index (χ0) is 18.8. The summed E-state index contributed by atoms with van der Waals surface area (Å²) in [5.74, 6) is -2.34. The van der Waals surface area contributed by atoms with Gasteiger partial charge in [-0.05, 0) is 18.1 Å². The number of methoxy groups -OCH3 is 1. The molecule has 1 heterocycles. The summed E-state index contributed by atoms with van der Waals surface area (Å²) in [5.41, 5.74) is 0.0294. The molecule has 2 amide bonds. The minimum atomic E-state index is -4.07. The van der Waals surface area contributed by atoms with Crippen LogP contribution in [0.4, 0.5) is 0 Å². The van der Waals surface area contributed by atoms with E-state index in [4.69, 9.17) is 0 Å². The van der Waals surface area contributed by atoms with Crippen LogP contribution in [0.1, 0.15) is 30.6 Å². The summed E-state index contributed by atoms with van der Waals surface area (Å²) in [7, 11) is -2.87. The van der Waals surface area contributed by atoms with Gasteiger partial charge >= 0.3 is 5.97 Å². The molecule has 0 spiro atoms. The number of ether oxygens (including phenoxy) is 1. The molecule has 0 aromatic heterocycles. The fourth-order valence-corrected chi connectivity index (χ4v) is 4.06. The maximum Gasteiger partial charge on any atom is 0.328 e. The largest absolute Gasteiger partial charge is 0.467 e. The monoisotopic (exact) mass is 368 g/mol. The zero-order valence-corrected chi connectivity index (χ0v) is 15.0. The predicted molar refractivity (Wildman–Crippen MR) is 88.1 cm³/mol. The van der Waals surface area contributed by atoms with E-state index in [1.165, 1.54) is 25.3 Å². The van der Waals surface area contributed by atoms with E-state index < -0.39 is 40.4 Å². The van der Waals surface area contributed by atoms with Crippen LogP contribution in [0.2, 0.25) is 0 Å². The summed E-state index contributed by atoms with van der Waals surface area (Å²) in [6, 6.07) is 4.85. The summed E-state index contributed by atoms with van der Waals surface area (Å²) in [6.07, 6.45) is 0.604. The third-order valence-corrected chi connectivity index (χ3v) is 5.97. The Labute approximate surface area is 146 Å². The summed E-state index contributed by atoms with van der Waals surface area (Å²) in [5, 5.41) is 2.46. The normalized spacial score (nSPS) is 17.6. The quantitative estimate of drug-likeness (QED) is 0.734. The number of hydrogen-bond donors (Lipinski definition) is 1. The van der Waals surface area contributed by atoms with Gasteiger partial charge in [-0.2, -0.15) is 0 Å². The molecular formula is C16H20N2O6S. The fourth-order valence-electron chi connectivity index (χ4n) is 2.53. The van der Waals surface area contributed by atoms with Crippen LogP contribution in [-0.2, 0) is 24.3 Å². The Morgan fingerprint density at radius 2 is 1.92 bits per heavy atom. The van der Waals surface area contributed by atoms with E-state index >= 15 is 0 Å². The SMILES string of the molecule is CC[C@H](C)[C@H](NC(=O)CN1C(=O)c2ccccc2S1(=O)=O)C(=O)OC. The van der Waals surface area contributed by atoms with Crippen molar-refractivity contribution in [2.75, 3.05) is 13.7 Å². The molecule has 2 rings (SSSR count). The molecule has 136 valence electrons. The van der Waals surface area contributed by atoms with Crippen LogP contribution >= 0.6 is 0 Å². The van der Waals surface area contributed by atoms with Crippen LogP contribution in [0.25, 0.3) is 0 Å². The zero-order valence-electron chi connectivity index (χ0n) is 14.2. The van der Waals surface area contributed by atoms with Crippen molar-refractivity contribution < 1.29 is 27.5 Å². The lowest BCUT2D eigenvalue weighted by Crippen LogP contribution is -2.49. The third kappa shape index (κ3) is 3.51. The van der Waals surface area contributed by atoms with Crippen LogP contribution in [-0.4, -0.2) is 50.2 Å². The van der Waals surface area contributed by atoms with Gasteiger partial charge in [0.15, 0.2) is 0 Å². The highest BCUT2D eigenvalue weighted by molar-refractivity contribution is 7.90. The van der Waals surface area contributed by atoms with Crippen LogP contribution < -0.4 is 5.32 Å². The third-order valence-electron chi connectivity index (χ3n) is 4.18. The molecule has 1 aromatic carbocycles. The Hall–Kier alpha value is -2.42. The molecule has 0 bridgehead atoms. The molecule has 1 aliphatic rings. The summed E-state index contributed by atoms with van der Waals surface area (Å²) in [6.45, 7) is 2.91. The Morgan fingerprint density at radius 1 is 1.28 bits per heavy atom. The van der Waals surface area contributed by atoms with Gasteiger partial charge in [0, 0.05) is 0 Å². The van der Waals surface area contributed by atoms with E-state index in [2.05, 4.69) is 10.1 Å². The first-order chi connectivity index (χ1) is 11.7. The van der Waals surface area contributed by atoms with Crippen LogP contribution in [0.5, 0.6) is 0 Å². The maximum atomic E-state index is 12.4. The standard InChI is InChI=1S/C16H20N2O6S/c1-4-10(2)14(16(21)24-3)17-13(19)9-18-15(20)11-7-5-6-8-12(11)25(18,22)23/h5-8,10,14H,4,9H2,1-3H3,(H,17,19)/t10-,14-/m0/s1. The van der Waals surface area contributed by atoms with Gasteiger partial charge in [0.25, 0.3) is 15.9 Å². The summed E-state index contributed by atoms with van der Waals surface area (Å²) in [4.78, 5) is 36.2. The van der Waals surface area contributed by atoms with Crippen molar-refractivity contribution in [1.29, 1.82) is 0 Å². The van der Waals surface area contributed by atoms with Gasteiger partial charge in [-0.25, -0.2) is 17.5 Å². The van der Waals surface area contributed by atoms with E-state index in [1.54, 1.807) is 13.0 Å². The lowest BCUT2D eigenvalue weighted by Gasteiger charge is -2.23. The number of nitrogens with one attached hydrogen (secondary N) is 1. The van der Waals surface area contributed by atoms with E-state index in [9.17, 15) is 22.8 Å². The van der Waals surface area contributed by atoms with Crippen LogP contribution in [0, 0.1) is 5.92 Å². The second-order valence-electron chi connectivity index (χ2n) is 5.77. The van der Waals surface area contributed by atoms with Crippen molar-refractivity contribution in [1.82, 2.24) is 9.62 Å². The molecular weight excluding hydrogens is 348 g/mol. The van der Waals surface area contributed by atoms with Crippen molar-refractivity contribution in [2.24, 2.45) is 5.92 Å². The predicted octanol–water partition coefficient (Wildman–Crippen LogP) is 0.535. The van der Waals surface area contributed by atoms with Crippen molar-refractivity contribution >= 4 is 27.8 Å². The molecule has 0 radical (unpaired) electrons. The molecule has 0 saturated heterocycles. The van der Waals surface area contributed by atoms with Gasteiger partial charge < -0.3 is 10.1 Å². The van der Waals surface area contributed by atoms with E-state index in [0.717, 1.165) is 0 Å². The Kier molecular flexibility index (Phi) is 5.46. The number of rotatable bonds is 6. The average Bonchev–Trinajstić information content (AvgIpc) is 2.79. The lowest BCUT2D eigenvalue weighted by molar-refractivity contribution is -0.146. The molecule has 0 fully saturated rings.